The van der Waals surface area contributed by atoms with Crippen molar-refractivity contribution in [2.75, 3.05) is 11.4 Å². The fourth-order valence-corrected chi connectivity index (χ4v) is 3.05. The van der Waals surface area contributed by atoms with Gasteiger partial charge in [-0.2, -0.15) is 0 Å². The zero-order valence-corrected chi connectivity index (χ0v) is 12.9. The highest BCUT2D eigenvalue weighted by molar-refractivity contribution is 6.17. The van der Waals surface area contributed by atoms with Gasteiger partial charge >= 0.3 is 0 Å². The number of fused-ring (bicyclic) bond motifs is 1. The molecule has 1 heterocycles. The van der Waals surface area contributed by atoms with Crippen molar-refractivity contribution in [3.05, 3.63) is 64.7 Å². The summed E-state index contributed by atoms with van der Waals surface area (Å²) in [6, 6.07) is 13.9. The number of nitrogens with zero attached hydrogens (tertiary/aromatic N) is 1. The first-order valence-corrected chi connectivity index (χ1v) is 7.79. The van der Waals surface area contributed by atoms with Gasteiger partial charge in [0.05, 0.1) is 0 Å². The third kappa shape index (κ3) is 2.81. The van der Waals surface area contributed by atoms with Gasteiger partial charge in [-0.15, -0.1) is 11.6 Å². The quantitative estimate of drug-likeness (QED) is 0.756. The van der Waals surface area contributed by atoms with Crippen LogP contribution in [0.5, 0.6) is 0 Å². The van der Waals surface area contributed by atoms with E-state index in [0.29, 0.717) is 11.4 Å². The van der Waals surface area contributed by atoms with Crippen LogP contribution in [-0.2, 0) is 12.3 Å². The van der Waals surface area contributed by atoms with E-state index in [0.717, 1.165) is 30.6 Å². The first kappa shape index (κ1) is 14.2. The molecule has 3 rings (SSSR count). The Kier molecular flexibility index (Phi) is 3.98. The fraction of sp³-hybridized carbons (Fsp3) is 0.278. The third-order valence-corrected chi connectivity index (χ3v) is 4.24. The molecule has 2 nitrogen and oxygen atoms in total. The molecule has 0 fully saturated rings. The number of carbonyl (C=O) groups excluding carboxylic acids is 1. The standard InChI is InChI=1S/C18H18ClNO/c1-13-7-8-17-15(10-13)6-3-9-20(17)18(21)16-5-2-4-14(11-16)12-19/h2,4-5,7-8,10-11H,3,6,9,12H2,1H3. The smallest absolute Gasteiger partial charge is 0.258 e. The molecule has 0 atom stereocenters. The zero-order valence-electron chi connectivity index (χ0n) is 12.1. The Labute approximate surface area is 130 Å². The van der Waals surface area contributed by atoms with Crippen LogP contribution in [-0.4, -0.2) is 12.5 Å². The number of aryl methyl sites for hydroxylation is 2. The summed E-state index contributed by atoms with van der Waals surface area (Å²) in [5.74, 6) is 0.489. The second-order valence-corrected chi connectivity index (χ2v) is 5.79. The number of halogens is 1. The van der Waals surface area contributed by atoms with Crippen molar-refractivity contribution in [2.45, 2.75) is 25.6 Å². The van der Waals surface area contributed by atoms with Crippen molar-refractivity contribution in [1.82, 2.24) is 0 Å². The average molecular weight is 300 g/mol. The van der Waals surface area contributed by atoms with Crippen LogP contribution in [0.3, 0.4) is 0 Å². The molecule has 0 aliphatic carbocycles. The van der Waals surface area contributed by atoms with Gasteiger partial charge in [0.1, 0.15) is 0 Å². The van der Waals surface area contributed by atoms with Gasteiger partial charge in [0.2, 0.25) is 0 Å². The number of carbonyl (C=O) groups is 1. The molecule has 0 saturated carbocycles. The molecule has 1 amide bonds. The topological polar surface area (TPSA) is 20.3 Å². The van der Waals surface area contributed by atoms with E-state index in [9.17, 15) is 4.79 Å². The Morgan fingerprint density at radius 2 is 2.10 bits per heavy atom. The van der Waals surface area contributed by atoms with Crippen LogP contribution in [0.25, 0.3) is 0 Å². The van der Waals surface area contributed by atoms with Crippen LogP contribution in [0.15, 0.2) is 42.5 Å². The Balaban J connectivity index is 1.96. The SMILES string of the molecule is Cc1ccc2c(c1)CCCN2C(=O)c1cccc(CCl)c1. The van der Waals surface area contributed by atoms with E-state index in [-0.39, 0.29) is 5.91 Å². The summed E-state index contributed by atoms with van der Waals surface area (Å²) in [7, 11) is 0. The van der Waals surface area contributed by atoms with E-state index in [1.165, 1.54) is 11.1 Å². The highest BCUT2D eigenvalue weighted by atomic mass is 35.5. The van der Waals surface area contributed by atoms with Crippen LogP contribution in [0, 0.1) is 6.92 Å². The van der Waals surface area contributed by atoms with Gasteiger partial charge in [-0.25, -0.2) is 0 Å². The number of anilines is 1. The maximum absolute atomic E-state index is 12.8. The lowest BCUT2D eigenvalue weighted by Gasteiger charge is -2.30. The molecule has 0 N–H and O–H groups in total. The van der Waals surface area contributed by atoms with Gasteiger partial charge in [0, 0.05) is 23.7 Å². The fourth-order valence-electron chi connectivity index (χ4n) is 2.88. The molecule has 3 heteroatoms. The van der Waals surface area contributed by atoms with E-state index < -0.39 is 0 Å². The highest BCUT2D eigenvalue weighted by Gasteiger charge is 2.23. The Morgan fingerprint density at radius 3 is 2.90 bits per heavy atom. The van der Waals surface area contributed by atoms with Crippen LogP contribution in [0.1, 0.15) is 33.5 Å². The minimum absolute atomic E-state index is 0.0618. The predicted octanol–water partition coefficient (Wildman–Crippen LogP) is 4.33. The molecule has 2 aromatic carbocycles. The van der Waals surface area contributed by atoms with Crippen LogP contribution >= 0.6 is 11.6 Å². The normalized spacial score (nSPS) is 13.9. The Morgan fingerprint density at radius 1 is 1.24 bits per heavy atom. The van der Waals surface area contributed by atoms with Crippen LogP contribution in [0.4, 0.5) is 5.69 Å². The molecule has 0 spiro atoms. The molecule has 0 unspecified atom stereocenters. The first-order chi connectivity index (χ1) is 10.2. The van der Waals surface area contributed by atoms with Crippen LogP contribution in [0.2, 0.25) is 0 Å². The summed E-state index contributed by atoms with van der Waals surface area (Å²) in [6.45, 7) is 2.87. The third-order valence-electron chi connectivity index (χ3n) is 3.93. The minimum atomic E-state index is 0.0618. The molecule has 21 heavy (non-hydrogen) atoms. The van der Waals surface area contributed by atoms with Crippen molar-refractivity contribution in [3.63, 3.8) is 0 Å². The van der Waals surface area contributed by atoms with Gasteiger partial charge in [-0.05, 0) is 49.1 Å². The monoisotopic (exact) mass is 299 g/mol. The number of benzene rings is 2. The molecule has 0 radical (unpaired) electrons. The molecule has 1 aliphatic rings. The van der Waals surface area contributed by atoms with Crippen molar-refractivity contribution in [1.29, 1.82) is 0 Å². The molecule has 0 saturated heterocycles. The average Bonchev–Trinajstić information content (AvgIpc) is 2.53. The Hall–Kier alpha value is -1.80. The molecule has 108 valence electrons. The largest absolute Gasteiger partial charge is 0.308 e. The minimum Gasteiger partial charge on any atom is -0.308 e. The van der Waals surface area contributed by atoms with Crippen LogP contribution < -0.4 is 4.90 Å². The van der Waals surface area contributed by atoms with Gasteiger partial charge in [-0.1, -0.05) is 29.8 Å². The van der Waals surface area contributed by atoms with E-state index >= 15 is 0 Å². The van der Waals surface area contributed by atoms with Gasteiger partial charge in [-0.3, -0.25) is 4.79 Å². The van der Waals surface area contributed by atoms with E-state index in [2.05, 4.69) is 25.1 Å². The predicted molar refractivity (Wildman–Crippen MR) is 87.2 cm³/mol. The first-order valence-electron chi connectivity index (χ1n) is 7.25. The van der Waals surface area contributed by atoms with Gasteiger partial charge in [0.15, 0.2) is 0 Å². The second kappa shape index (κ2) is 5.90. The molecular weight excluding hydrogens is 282 g/mol. The lowest BCUT2D eigenvalue weighted by atomic mass is 9.98. The summed E-state index contributed by atoms with van der Waals surface area (Å²) < 4.78 is 0. The maximum atomic E-state index is 12.8. The number of hydrogen-bond acceptors (Lipinski definition) is 1. The molecule has 1 aliphatic heterocycles. The number of hydrogen-bond donors (Lipinski definition) is 0. The van der Waals surface area contributed by atoms with E-state index in [1.54, 1.807) is 0 Å². The lowest BCUT2D eigenvalue weighted by Crippen LogP contribution is -2.35. The van der Waals surface area contributed by atoms with Crippen molar-refractivity contribution >= 4 is 23.2 Å². The van der Waals surface area contributed by atoms with E-state index in [1.807, 2.05) is 29.2 Å². The van der Waals surface area contributed by atoms with Gasteiger partial charge in [0.25, 0.3) is 5.91 Å². The summed E-state index contributed by atoms with van der Waals surface area (Å²) in [5, 5.41) is 0. The molecule has 0 bridgehead atoms. The Bertz CT molecular complexity index is 681. The molecular formula is C18H18ClNO. The zero-order chi connectivity index (χ0) is 14.8. The van der Waals surface area contributed by atoms with E-state index in [4.69, 9.17) is 11.6 Å². The molecule has 2 aromatic rings. The summed E-state index contributed by atoms with van der Waals surface area (Å²) in [5.41, 5.74) is 5.24. The van der Waals surface area contributed by atoms with Crippen molar-refractivity contribution in [3.8, 4) is 0 Å². The highest BCUT2D eigenvalue weighted by Crippen LogP contribution is 2.29. The molecule has 0 aromatic heterocycles. The van der Waals surface area contributed by atoms with Crippen molar-refractivity contribution in [2.24, 2.45) is 0 Å². The second-order valence-electron chi connectivity index (χ2n) is 5.53. The maximum Gasteiger partial charge on any atom is 0.258 e. The summed E-state index contributed by atoms with van der Waals surface area (Å²) >= 11 is 5.86. The van der Waals surface area contributed by atoms with Gasteiger partial charge < -0.3 is 4.90 Å². The number of alkyl halides is 1. The lowest BCUT2D eigenvalue weighted by molar-refractivity contribution is 0.0985. The van der Waals surface area contributed by atoms with Crippen molar-refractivity contribution < 1.29 is 4.79 Å². The summed E-state index contributed by atoms with van der Waals surface area (Å²) in [4.78, 5) is 14.7. The number of amides is 1. The number of rotatable bonds is 2. The summed E-state index contributed by atoms with van der Waals surface area (Å²) in [6.07, 6.45) is 2.06.